The minimum atomic E-state index is -3.07. The van der Waals surface area contributed by atoms with Crippen LogP contribution in [0.15, 0.2) is 4.99 Å². The monoisotopic (exact) mass is 361 g/mol. The Morgan fingerprint density at radius 1 is 1.21 bits per heavy atom. The average Bonchev–Trinajstić information content (AvgIpc) is 2.49. The van der Waals surface area contributed by atoms with E-state index in [4.69, 9.17) is 0 Å². The Balaban J connectivity index is 2.34. The van der Waals surface area contributed by atoms with Crippen LogP contribution in [-0.4, -0.2) is 69.2 Å². The summed E-state index contributed by atoms with van der Waals surface area (Å²) in [6, 6.07) is 0.264. The zero-order valence-electron chi connectivity index (χ0n) is 15.9. The minimum absolute atomic E-state index is 0.107. The van der Waals surface area contributed by atoms with E-state index in [0.29, 0.717) is 19.5 Å². The van der Waals surface area contributed by atoms with Gasteiger partial charge in [-0.3, -0.25) is 4.99 Å². The molecule has 1 aliphatic rings. The van der Waals surface area contributed by atoms with Gasteiger partial charge in [-0.05, 0) is 40.0 Å². The van der Waals surface area contributed by atoms with Crippen molar-refractivity contribution in [1.29, 1.82) is 0 Å². The minimum Gasteiger partial charge on any atom is -0.355 e. The second-order valence-electron chi connectivity index (χ2n) is 7.31. The van der Waals surface area contributed by atoms with Gasteiger partial charge in [-0.25, -0.2) is 12.7 Å². The summed E-state index contributed by atoms with van der Waals surface area (Å²) in [4.78, 5) is 4.25. The van der Waals surface area contributed by atoms with Crippen molar-refractivity contribution in [3.05, 3.63) is 0 Å². The summed E-state index contributed by atoms with van der Waals surface area (Å²) >= 11 is 0. The van der Waals surface area contributed by atoms with Gasteiger partial charge in [0.05, 0.1) is 5.75 Å². The van der Waals surface area contributed by atoms with Crippen LogP contribution in [0.3, 0.4) is 0 Å². The number of rotatable bonds is 7. The first-order valence-electron chi connectivity index (χ1n) is 8.88. The summed E-state index contributed by atoms with van der Waals surface area (Å²) in [5.74, 6) is 1.02. The molecule has 0 saturated carbocycles. The van der Waals surface area contributed by atoms with E-state index in [-0.39, 0.29) is 17.3 Å². The third-order valence-electron chi connectivity index (χ3n) is 3.95. The van der Waals surface area contributed by atoms with Gasteiger partial charge in [-0.15, -0.1) is 0 Å². The summed E-state index contributed by atoms with van der Waals surface area (Å²) in [5.41, 5.74) is 0.107. The van der Waals surface area contributed by atoms with Crippen molar-refractivity contribution in [2.24, 2.45) is 4.99 Å². The lowest BCUT2D eigenvalue weighted by Crippen LogP contribution is -2.51. The Kier molecular flexibility index (Phi) is 8.45. The summed E-state index contributed by atoms with van der Waals surface area (Å²) in [6.07, 6.45) is 2.29. The number of sulfonamides is 1. The molecular formula is C16H35N5O2S. The first kappa shape index (κ1) is 21.2. The number of hydrogen-bond acceptors (Lipinski definition) is 4. The van der Waals surface area contributed by atoms with Gasteiger partial charge in [0, 0.05) is 44.8 Å². The lowest BCUT2D eigenvalue weighted by molar-refractivity contribution is 0.306. The maximum Gasteiger partial charge on any atom is 0.214 e. The fourth-order valence-corrected chi connectivity index (χ4v) is 4.21. The Bertz CT molecular complexity index is 491. The van der Waals surface area contributed by atoms with Crippen molar-refractivity contribution < 1.29 is 8.42 Å². The molecule has 3 N–H and O–H groups in total. The molecule has 0 aromatic heterocycles. The molecule has 1 aliphatic heterocycles. The molecule has 0 aliphatic carbocycles. The molecule has 0 atom stereocenters. The summed E-state index contributed by atoms with van der Waals surface area (Å²) in [5, 5.41) is 10.1. The van der Waals surface area contributed by atoms with Crippen molar-refractivity contribution in [3.8, 4) is 0 Å². The Labute approximate surface area is 147 Å². The van der Waals surface area contributed by atoms with Gasteiger partial charge >= 0.3 is 0 Å². The smallest absolute Gasteiger partial charge is 0.214 e. The second-order valence-corrected chi connectivity index (χ2v) is 9.40. The van der Waals surface area contributed by atoms with E-state index in [9.17, 15) is 8.42 Å². The maximum absolute atomic E-state index is 12.1. The third kappa shape index (κ3) is 7.81. The normalized spacial score (nSPS) is 18.6. The molecule has 0 aromatic carbocycles. The first-order valence-corrected chi connectivity index (χ1v) is 10.5. The van der Waals surface area contributed by atoms with Crippen molar-refractivity contribution >= 4 is 16.0 Å². The van der Waals surface area contributed by atoms with Gasteiger partial charge in [0.2, 0.25) is 10.0 Å². The number of piperidine rings is 1. The van der Waals surface area contributed by atoms with Crippen molar-refractivity contribution in [1.82, 2.24) is 20.3 Å². The molecule has 0 aromatic rings. The topological polar surface area (TPSA) is 85.8 Å². The van der Waals surface area contributed by atoms with E-state index in [1.54, 1.807) is 11.4 Å². The van der Waals surface area contributed by atoms with Crippen LogP contribution in [0, 0.1) is 0 Å². The number of nitrogens with one attached hydrogen (secondary N) is 3. The first-order chi connectivity index (χ1) is 11.2. The number of aliphatic imine (C=N–C) groups is 1. The lowest BCUT2D eigenvalue weighted by atomic mass is 10.1. The molecule has 8 heteroatoms. The Morgan fingerprint density at radius 3 is 2.33 bits per heavy atom. The summed E-state index contributed by atoms with van der Waals surface area (Å²) in [7, 11) is -1.31. The quantitative estimate of drug-likeness (QED) is 0.354. The molecule has 0 radical (unpaired) electrons. The summed E-state index contributed by atoms with van der Waals surface area (Å²) in [6.45, 7) is 11.1. The molecule has 142 valence electrons. The zero-order chi connectivity index (χ0) is 18.2. The molecule has 7 nitrogen and oxygen atoms in total. The van der Waals surface area contributed by atoms with Crippen molar-refractivity contribution in [2.45, 2.75) is 58.5 Å². The fourth-order valence-electron chi connectivity index (χ4n) is 2.67. The van der Waals surface area contributed by atoms with Gasteiger partial charge in [0.15, 0.2) is 5.96 Å². The molecule has 1 fully saturated rings. The highest BCUT2D eigenvalue weighted by Crippen LogP contribution is 2.15. The van der Waals surface area contributed by atoms with E-state index in [2.05, 4.69) is 41.7 Å². The highest BCUT2D eigenvalue weighted by atomic mass is 32.2. The van der Waals surface area contributed by atoms with Crippen LogP contribution in [0.25, 0.3) is 0 Å². The Morgan fingerprint density at radius 2 is 1.83 bits per heavy atom. The molecular weight excluding hydrogens is 326 g/mol. The molecule has 0 bridgehead atoms. The van der Waals surface area contributed by atoms with E-state index in [1.807, 2.05) is 6.92 Å². The predicted molar refractivity (Wildman–Crippen MR) is 101 cm³/mol. The highest BCUT2D eigenvalue weighted by Gasteiger charge is 2.27. The molecule has 0 amide bonds. The fraction of sp³-hybridized carbons (Fsp3) is 0.938. The predicted octanol–water partition coefficient (Wildman–Crippen LogP) is 0.744. The molecule has 0 unspecified atom stereocenters. The van der Waals surface area contributed by atoms with Crippen LogP contribution in [-0.2, 0) is 10.0 Å². The van der Waals surface area contributed by atoms with E-state index < -0.39 is 10.0 Å². The zero-order valence-corrected chi connectivity index (χ0v) is 16.7. The molecule has 1 heterocycles. The molecule has 0 spiro atoms. The molecule has 1 rings (SSSR count). The second kappa shape index (κ2) is 9.58. The van der Waals surface area contributed by atoms with Crippen LogP contribution >= 0.6 is 0 Å². The van der Waals surface area contributed by atoms with E-state index in [0.717, 1.165) is 31.9 Å². The van der Waals surface area contributed by atoms with Crippen LogP contribution in [0.5, 0.6) is 0 Å². The highest BCUT2D eigenvalue weighted by molar-refractivity contribution is 7.89. The van der Waals surface area contributed by atoms with Gasteiger partial charge in [0.25, 0.3) is 0 Å². The van der Waals surface area contributed by atoms with Gasteiger partial charge in [-0.1, -0.05) is 6.92 Å². The van der Waals surface area contributed by atoms with E-state index in [1.165, 1.54) is 0 Å². The molecule has 1 saturated heterocycles. The SMILES string of the molecule is CCCS(=O)(=O)N1CCC(NC(=NC)NCCNC(C)(C)C)CC1. The largest absolute Gasteiger partial charge is 0.355 e. The maximum atomic E-state index is 12.1. The number of guanidine groups is 1. The number of nitrogens with zero attached hydrogens (tertiary/aromatic N) is 2. The van der Waals surface area contributed by atoms with E-state index >= 15 is 0 Å². The van der Waals surface area contributed by atoms with Crippen LogP contribution in [0.4, 0.5) is 0 Å². The Hall–Kier alpha value is -0.860. The average molecular weight is 362 g/mol. The molecule has 24 heavy (non-hydrogen) atoms. The lowest BCUT2D eigenvalue weighted by Gasteiger charge is -2.32. The third-order valence-corrected chi connectivity index (χ3v) is 6.02. The van der Waals surface area contributed by atoms with Crippen LogP contribution in [0.1, 0.15) is 47.0 Å². The van der Waals surface area contributed by atoms with Gasteiger partial charge in [0.1, 0.15) is 0 Å². The van der Waals surface area contributed by atoms with Crippen molar-refractivity contribution in [3.63, 3.8) is 0 Å². The van der Waals surface area contributed by atoms with Gasteiger partial charge in [-0.2, -0.15) is 0 Å². The van der Waals surface area contributed by atoms with Crippen LogP contribution in [0.2, 0.25) is 0 Å². The van der Waals surface area contributed by atoms with Gasteiger partial charge < -0.3 is 16.0 Å². The standard InChI is InChI=1S/C16H35N5O2S/c1-6-13-24(22,23)21-11-7-14(8-12-21)20-15(17-5)18-9-10-19-16(2,3)4/h14,19H,6-13H2,1-5H3,(H2,17,18,20). The summed E-state index contributed by atoms with van der Waals surface area (Å²) < 4.78 is 25.8. The van der Waals surface area contributed by atoms with Crippen molar-refractivity contribution in [2.75, 3.05) is 39.0 Å². The number of hydrogen-bond donors (Lipinski definition) is 3. The van der Waals surface area contributed by atoms with Crippen LogP contribution < -0.4 is 16.0 Å².